The van der Waals surface area contributed by atoms with Crippen LogP contribution in [0.2, 0.25) is 0 Å². The molecule has 140 valence electrons. The lowest BCUT2D eigenvalue weighted by Gasteiger charge is -2.39. The molecule has 2 heterocycles. The number of carboxylic acid groups (broad SMARTS) is 1. The summed E-state index contributed by atoms with van der Waals surface area (Å²) in [4.78, 5) is 39.9. The highest BCUT2D eigenvalue weighted by molar-refractivity contribution is 5.99. The highest BCUT2D eigenvalue weighted by atomic mass is 16.5. The quantitative estimate of drug-likeness (QED) is 0.865. The minimum atomic E-state index is -1.06. The lowest BCUT2D eigenvalue weighted by Crippen LogP contribution is -2.52. The van der Waals surface area contributed by atoms with Gasteiger partial charge in [-0.15, -0.1) is 0 Å². The highest BCUT2D eigenvalue weighted by Crippen LogP contribution is 2.32. The maximum atomic E-state index is 13.0. The van der Waals surface area contributed by atoms with E-state index in [1.807, 2.05) is 6.07 Å². The van der Waals surface area contributed by atoms with Crippen LogP contribution in [0.25, 0.3) is 0 Å². The molecule has 26 heavy (non-hydrogen) atoms. The van der Waals surface area contributed by atoms with Gasteiger partial charge in [-0.25, -0.2) is 0 Å². The Morgan fingerprint density at radius 3 is 2.73 bits per heavy atom. The minimum absolute atomic E-state index is 0.0672. The van der Waals surface area contributed by atoms with Gasteiger partial charge >= 0.3 is 5.97 Å². The van der Waals surface area contributed by atoms with E-state index in [2.05, 4.69) is 0 Å². The van der Waals surface area contributed by atoms with Crippen molar-refractivity contribution in [1.29, 1.82) is 0 Å². The Bertz CT molecular complexity index is 716. The summed E-state index contributed by atoms with van der Waals surface area (Å²) in [6.45, 7) is 1.39. The van der Waals surface area contributed by atoms with Crippen LogP contribution in [0.1, 0.15) is 36.0 Å². The molecule has 2 aliphatic rings. The van der Waals surface area contributed by atoms with Crippen molar-refractivity contribution in [2.45, 2.75) is 25.7 Å². The maximum Gasteiger partial charge on any atom is 0.313 e. The second kappa shape index (κ2) is 7.45. The predicted octanol–water partition coefficient (Wildman–Crippen LogP) is 1.77. The van der Waals surface area contributed by atoms with E-state index in [4.69, 9.17) is 4.74 Å². The zero-order valence-electron chi connectivity index (χ0n) is 14.9. The van der Waals surface area contributed by atoms with Gasteiger partial charge in [0.25, 0.3) is 5.91 Å². The first kappa shape index (κ1) is 18.4. The molecular formula is C19H24N2O5. The third-order valence-corrected chi connectivity index (χ3v) is 5.22. The van der Waals surface area contributed by atoms with Crippen LogP contribution < -0.4 is 4.90 Å². The number of carboxylic acids is 1. The molecule has 0 aromatic heterocycles. The van der Waals surface area contributed by atoms with Gasteiger partial charge < -0.3 is 19.6 Å². The number of carbonyl (C=O) groups is 3. The molecule has 1 unspecified atom stereocenters. The number of methoxy groups -OCH3 is 1. The molecule has 0 bridgehead atoms. The number of rotatable bonds is 5. The Morgan fingerprint density at radius 1 is 1.27 bits per heavy atom. The molecule has 7 heteroatoms. The van der Waals surface area contributed by atoms with Crippen LogP contribution in [0.4, 0.5) is 5.69 Å². The molecule has 2 saturated heterocycles. The Hall–Kier alpha value is -2.41. The monoisotopic (exact) mass is 360 g/mol. The zero-order valence-corrected chi connectivity index (χ0v) is 14.9. The SMILES string of the molecule is COCC1(C(=O)O)CCCN(C(=O)c2cccc(N3CCCC3=O)c2)C1. The first-order valence-corrected chi connectivity index (χ1v) is 8.89. The van der Waals surface area contributed by atoms with Gasteiger partial charge in [0.15, 0.2) is 0 Å². The summed E-state index contributed by atoms with van der Waals surface area (Å²) in [5.74, 6) is -1.08. The molecule has 1 atom stereocenters. The standard InChI is InChI=1S/C19H24N2O5/c1-26-13-19(18(24)25)8-4-9-20(12-19)17(23)14-5-2-6-15(11-14)21-10-3-7-16(21)22/h2,5-6,11H,3-4,7-10,12-13H2,1H3,(H,24,25). The molecule has 1 aromatic carbocycles. The smallest absolute Gasteiger partial charge is 0.313 e. The van der Waals surface area contributed by atoms with Crippen molar-refractivity contribution in [3.8, 4) is 0 Å². The Labute approximate surface area is 152 Å². The summed E-state index contributed by atoms with van der Waals surface area (Å²) in [7, 11) is 1.47. The van der Waals surface area contributed by atoms with Crippen LogP contribution in [0.3, 0.4) is 0 Å². The number of aliphatic carboxylic acids is 1. The number of carbonyl (C=O) groups excluding carboxylic acids is 2. The normalized spacial score (nSPS) is 23.3. The van der Waals surface area contributed by atoms with Gasteiger partial charge in [-0.2, -0.15) is 0 Å². The third-order valence-electron chi connectivity index (χ3n) is 5.22. The van der Waals surface area contributed by atoms with Crippen molar-refractivity contribution in [2.24, 2.45) is 5.41 Å². The second-order valence-corrected chi connectivity index (χ2v) is 7.05. The van der Waals surface area contributed by atoms with Crippen LogP contribution in [0.5, 0.6) is 0 Å². The van der Waals surface area contributed by atoms with Crippen molar-refractivity contribution in [1.82, 2.24) is 4.90 Å². The van der Waals surface area contributed by atoms with Gasteiger partial charge in [-0.1, -0.05) is 6.07 Å². The number of nitrogens with zero attached hydrogens (tertiary/aromatic N) is 2. The first-order valence-electron chi connectivity index (χ1n) is 8.89. The number of likely N-dealkylation sites (tertiary alicyclic amines) is 1. The summed E-state index contributed by atoms with van der Waals surface area (Å²) in [5.41, 5.74) is 0.128. The van der Waals surface area contributed by atoms with Crippen LogP contribution >= 0.6 is 0 Å². The van der Waals surface area contributed by atoms with E-state index in [1.165, 1.54) is 7.11 Å². The fraction of sp³-hybridized carbons (Fsp3) is 0.526. The number of amides is 2. The van der Waals surface area contributed by atoms with E-state index in [0.29, 0.717) is 37.9 Å². The lowest BCUT2D eigenvalue weighted by molar-refractivity contribution is -0.155. The summed E-state index contributed by atoms with van der Waals surface area (Å²) in [5, 5.41) is 9.64. The van der Waals surface area contributed by atoms with E-state index in [1.54, 1.807) is 28.0 Å². The van der Waals surface area contributed by atoms with E-state index < -0.39 is 11.4 Å². The third kappa shape index (κ3) is 3.44. The van der Waals surface area contributed by atoms with Gasteiger partial charge in [0.1, 0.15) is 5.41 Å². The maximum absolute atomic E-state index is 13.0. The van der Waals surface area contributed by atoms with Crippen LogP contribution in [-0.4, -0.2) is 61.1 Å². The number of hydrogen-bond acceptors (Lipinski definition) is 4. The minimum Gasteiger partial charge on any atom is -0.481 e. The van der Waals surface area contributed by atoms with Gasteiger partial charge in [-0.05, 0) is 37.5 Å². The summed E-state index contributed by atoms with van der Waals surface area (Å²) < 4.78 is 5.12. The van der Waals surface area contributed by atoms with Crippen LogP contribution in [-0.2, 0) is 14.3 Å². The molecule has 2 fully saturated rings. The van der Waals surface area contributed by atoms with Crippen molar-refractivity contribution < 1.29 is 24.2 Å². The topological polar surface area (TPSA) is 87.2 Å². The molecule has 2 aliphatic heterocycles. The molecule has 0 saturated carbocycles. The largest absolute Gasteiger partial charge is 0.481 e. The predicted molar refractivity (Wildman–Crippen MR) is 95.1 cm³/mol. The molecule has 2 amide bonds. The Morgan fingerprint density at radius 2 is 2.08 bits per heavy atom. The van der Waals surface area contributed by atoms with Crippen molar-refractivity contribution in [3.05, 3.63) is 29.8 Å². The van der Waals surface area contributed by atoms with Crippen LogP contribution in [0.15, 0.2) is 24.3 Å². The van der Waals surface area contributed by atoms with Gasteiger partial charge in [0.2, 0.25) is 5.91 Å². The van der Waals surface area contributed by atoms with Crippen molar-refractivity contribution >= 4 is 23.5 Å². The second-order valence-electron chi connectivity index (χ2n) is 7.05. The molecule has 0 radical (unpaired) electrons. The van der Waals surface area contributed by atoms with E-state index in [-0.39, 0.29) is 25.0 Å². The zero-order chi connectivity index (χ0) is 18.7. The van der Waals surface area contributed by atoms with Gasteiger partial charge in [0, 0.05) is 44.4 Å². The summed E-state index contributed by atoms with van der Waals surface area (Å²) >= 11 is 0. The molecule has 0 spiro atoms. The first-order chi connectivity index (χ1) is 12.5. The number of ether oxygens (including phenoxy) is 1. The fourth-order valence-corrected chi connectivity index (χ4v) is 3.85. The van der Waals surface area contributed by atoms with Crippen LogP contribution in [0, 0.1) is 5.41 Å². The molecule has 1 aromatic rings. The number of hydrogen-bond donors (Lipinski definition) is 1. The Balaban J connectivity index is 1.80. The molecule has 3 rings (SSSR count). The number of anilines is 1. The fourth-order valence-electron chi connectivity index (χ4n) is 3.85. The molecule has 1 N–H and O–H groups in total. The Kier molecular flexibility index (Phi) is 5.27. The van der Waals surface area contributed by atoms with E-state index in [9.17, 15) is 19.5 Å². The van der Waals surface area contributed by atoms with Crippen molar-refractivity contribution in [3.63, 3.8) is 0 Å². The molecule has 7 nitrogen and oxygen atoms in total. The average Bonchev–Trinajstić information content (AvgIpc) is 3.07. The molecule has 0 aliphatic carbocycles. The number of piperidine rings is 1. The number of benzene rings is 1. The summed E-state index contributed by atoms with van der Waals surface area (Å²) in [6.07, 6.45) is 2.46. The highest BCUT2D eigenvalue weighted by Gasteiger charge is 2.44. The summed E-state index contributed by atoms with van der Waals surface area (Å²) in [6, 6.07) is 7.01. The van der Waals surface area contributed by atoms with Gasteiger partial charge in [0.05, 0.1) is 6.61 Å². The van der Waals surface area contributed by atoms with Crippen molar-refractivity contribution in [2.75, 3.05) is 38.3 Å². The van der Waals surface area contributed by atoms with E-state index in [0.717, 1.165) is 12.1 Å². The van der Waals surface area contributed by atoms with E-state index >= 15 is 0 Å². The van der Waals surface area contributed by atoms with Gasteiger partial charge in [-0.3, -0.25) is 14.4 Å². The lowest BCUT2D eigenvalue weighted by atomic mass is 9.80. The molecular weight excluding hydrogens is 336 g/mol. The average molecular weight is 360 g/mol.